The molecule has 2 fully saturated rings. The van der Waals surface area contributed by atoms with E-state index in [4.69, 9.17) is 0 Å². The highest BCUT2D eigenvalue weighted by Crippen LogP contribution is 2.33. The highest BCUT2D eigenvalue weighted by atomic mass is 16.2. The number of amides is 1. The van der Waals surface area contributed by atoms with E-state index in [0.29, 0.717) is 24.4 Å². The lowest BCUT2D eigenvalue weighted by Gasteiger charge is -2.23. The van der Waals surface area contributed by atoms with Crippen LogP contribution in [0, 0.1) is 5.92 Å². The second kappa shape index (κ2) is 8.13. The van der Waals surface area contributed by atoms with Gasteiger partial charge in [0.25, 0.3) is 5.91 Å². The number of benzene rings is 1. The number of hydrogen-bond acceptors (Lipinski definition) is 3. The Morgan fingerprint density at radius 2 is 1.97 bits per heavy atom. The Labute approximate surface area is 175 Å². The first-order chi connectivity index (χ1) is 14.7. The number of aromatic nitrogens is 4. The lowest BCUT2D eigenvalue weighted by Crippen LogP contribution is -2.29. The molecular weight excluding hydrogens is 378 g/mol. The molecule has 7 heteroatoms. The van der Waals surface area contributed by atoms with Gasteiger partial charge in [-0.2, -0.15) is 0 Å². The molecular formula is C23H29N5O2. The van der Waals surface area contributed by atoms with Crippen molar-refractivity contribution >= 4 is 16.9 Å². The van der Waals surface area contributed by atoms with E-state index >= 15 is 0 Å². The summed E-state index contributed by atoms with van der Waals surface area (Å²) in [7, 11) is 0. The van der Waals surface area contributed by atoms with E-state index in [1.54, 1.807) is 12.5 Å². The molecule has 5 rings (SSSR count). The second-order valence-electron chi connectivity index (χ2n) is 8.78. The van der Waals surface area contributed by atoms with Crippen molar-refractivity contribution in [1.29, 1.82) is 0 Å². The monoisotopic (exact) mass is 407 g/mol. The van der Waals surface area contributed by atoms with Crippen molar-refractivity contribution in [2.45, 2.75) is 64.0 Å². The molecule has 2 saturated carbocycles. The Bertz CT molecular complexity index is 1080. The first-order valence-corrected chi connectivity index (χ1v) is 11.2. The summed E-state index contributed by atoms with van der Waals surface area (Å²) in [4.78, 5) is 33.1. The van der Waals surface area contributed by atoms with Crippen LogP contribution in [0.25, 0.3) is 11.0 Å². The van der Waals surface area contributed by atoms with Crippen LogP contribution in [-0.4, -0.2) is 31.6 Å². The zero-order chi connectivity index (χ0) is 20.5. The normalized spacial score (nSPS) is 17.5. The van der Waals surface area contributed by atoms with E-state index in [-0.39, 0.29) is 17.6 Å². The second-order valence-corrected chi connectivity index (χ2v) is 8.78. The van der Waals surface area contributed by atoms with E-state index in [1.165, 1.54) is 32.1 Å². The molecule has 1 amide bonds. The lowest BCUT2D eigenvalue weighted by atomic mass is 9.95. The fourth-order valence-corrected chi connectivity index (χ4v) is 4.68. The molecule has 30 heavy (non-hydrogen) atoms. The van der Waals surface area contributed by atoms with Crippen molar-refractivity contribution in [3.05, 3.63) is 52.5 Å². The molecule has 158 valence electrons. The molecule has 2 aromatic heterocycles. The maximum atomic E-state index is 13.4. The average Bonchev–Trinajstić information content (AvgIpc) is 3.36. The third-order valence-electron chi connectivity index (χ3n) is 6.54. The van der Waals surface area contributed by atoms with Crippen LogP contribution < -0.4 is 11.0 Å². The molecule has 7 nitrogen and oxygen atoms in total. The summed E-state index contributed by atoms with van der Waals surface area (Å²) < 4.78 is 3.93. The third-order valence-corrected chi connectivity index (χ3v) is 6.54. The first kappa shape index (κ1) is 19.2. The molecule has 2 heterocycles. The van der Waals surface area contributed by atoms with E-state index in [9.17, 15) is 9.59 Å². The zero-order valence-electron chi connectivity index (χ0n) is 17.3. The lowest BCUT2D eigenvalue weighted by molar-refractivity contribution is 0.0954. The fourth-order valence-electron chi connectivity index (χ4n) is 4.68. The highest BCUT2D eigenvalue weighted by Gasteiger charge is 2.27. The predicted molar refractivity (Wildman–Crippen MR) is 116 cm³/mol. The summed E-state index contributed by atoms with van der Waals surface area (Å²) in [5, 5.41) is 2.98. The van der Waals surface area contributed by atoms with Crippen LogP contribution in [0.3, 0.4) is 0 Å². The zero-order valence-corrected chi connectivity index (χ0v) is 17.3. The molecule has 0 radical (unpaired) electrons. The van der Waals surface area contributed by atoms with Crippen molar-refractivity contribution in [2.75, 3.05) is 6.54 Å². The number of carbonyl (C=O) groups excluding carboxylic acids is 1. The summed E-state index contributed by atoms with van der Waals surface area (Å²) in [5.41, 5.74) is 3.58. The van der Waals surface area contributed by atoms with Crippen LogP contribution in [0.5, 0.6) is 0 Å². The SMILES string of the molecule is O=C(NCCc1cnc[nH]1)c1ccc2c(c1)n(CC1CC1)c(=O)n2C1CCCCC1. The van der Waals surface area contributed by atoms with Gasteiger partial charge < -0.3 is 10.3 Å². The average molecular weight is 408 g/mol. The number of nitrogens with one attached hydrogen (secondary N) is 2. The third kappa shape index (κ3) is 3.80. The van der Waals surface area contributed by atoms with Crippen LogP contribution in [0.4, 0.5) is 0 Å². The van der Waals surface area contributed by atoms with E-state index in [0.717, 1.165) is 36.1 Å². The molecule has 0 unspecified atom stereocenters. The van der Waals surface area contributed by atoms with Crippen molar-refractivity contribution in [3.8, 4) is 0 Å². The number of H-pyrrole nitrogens is 1. The molecule has 2 aliphatic rings. The maximum absolute atomic E-state index is 13.4. The summed E-state index contributed by atoms with van der Waals surface area (Å²) >= 11 is 0. The van der Waals surface area contributed by atoms with Gasteiger partial charge in [0.1, 0.15) is 0 Å². The number of rotatable bonds is 7. The molecule has 0 spiro atoms. The molecule has 0 saturated heterocycles. The molecule has 0 atom stereocenters. The van der Waals surface area contributed by atoms with Gasteiger partial charge in [0.05, 0.1) is 17.4 Å². The van der Waals surface area contributed by atoms with Gasteiger partial charge in [0.2, 0.25) is 0 Å². The number of imidazole rings is 2. The fraction of sp³-hybridized carbons (Fsp3) is 0.522. The summed E-state index contributed by atoms with van der Waals surface area (Å²) in [6.45, 7) is 1.30. The maximum Gasteiger partial charge on any atom is 0.329 e. The number of fused-ring (bicyclic) bond motifs is 1. The van der Waals surface area contributed by atoms with Gasteiger partial charge in [-0.15, -0.1) is 0 Å². The number of hydrogen-bond donors (Lipinski definition) is 2. The Morgan fingerprint density at radius 1 is 1.13 bits per heavy atom. The van der Waals surface area contributed by atoms with Crippen molar-refractivity contribution in [1.82, 2.24) is 24.4 Å². The van der Waals surface area contributed by atoms with Crippen molar-refractivity contribution in [2.24, 2.45) is 5.92 Å². The van der Waals surface area contributed by atoms with Crippen molar-refractivity contribution < 1.29 is 4.79 Å². The number of aromatic amines is 1. The minimum Gasteiger partial charge on any atom is -0.352 e. The summed E-state index contributed by atoms with van der Waals surface area (Å²) in [5.74, 6) is 0.493. The largest absolute Gasteiger partial charge is 0.352 e. The Balaban J connectivity index is 1.43. The van der Waals surface area contributed by atoms with Gasteiger partial charge in [0.15, 0.2) is 0 Å². The van der Waals surface area contributed by atoms with Crippen LogP contribution in [-0.2, 0) is 13.0 Å². The summed E-state index contributed by atoms with van der Waals surface area (Å²) in [6.07, 6.45) is 12.3. The Hall–Kier alpha value is -2.83. The smallest absolute Gasteiger partial charge is 0.329 e. The van der Waals surface area contributed by atoms with Gasteiger partial charge in [-0.1, -0.05) is 19.3 Å². The standard InChI is InChI=1S/C23H29N5O2/c29-22(25-11-10-18-13-24-15-26-18)17-8-9-20-21(12-17)27(14-16-6-7-16)23(30)28(20)19-4-2-1-3-5-19/h8-9,12-13,15-16,19H,1-7,10-11,14H2,(H,24,26)(H,25,29). The Kier molecular flexibility index (Phi) is 5.19. The molecule has 0 aliphatic heterocycles. The minimum absolute atomic E-state index is 0.0978. The van der Waals surface area contributed by atoms with Gasteiger partial charge >= 0.3 is 5.69 Å². The highest BCUT2D eigenvalue weighted by molar-refractivity contribution is 5.97. The van der Waals surface area contributed by atoms with Crippen LogP contribution in [0.1, 0.15) is 67.0 Å². The minimum atomic E-state index is -0.104. The van der Waals surface area contributed by atoms with E-state index < -0.39 is 0 Å². The van der Waals surface area contributed by atoms with Crippen LogP contribution in [0.15, 0.2) is 35.5 Å². The number of carbonyl (C=O) groups is 1. The molecule has 3 aromatic rings. The predicted octanol–water partition coefficient (Wildman–Crippen LogP) is 3.41. The van der Waals surface area contributed by atoms with Gasteiger partial charge in [0, 0.05) is 43.0 Å². The first-order valence-electron chi connectivity index (χ1n) is 11.2. The van der Waals surface area contributed by atoms with Gasteiger partial charge in [-0.05, 0) is 49.8 Å². The van der Waals surface area contributed by atoms with Gasteiger partial charge in [-0.25, -0.2) is 9.78 Å². The molecule has 1 aromatic carbocycles. The van der Waals surface area contributed by atoms with Crippen LogP contribution in [0.2, 0.25) is 0 Å². The quantitative estimate of drug-likeness (QED) is 0.629. The number of nitrogens with zero attached hydrogens (tertiary/aromatic N) is 3. The molecule has 2 aliphatic carbocycles. The van der Waals surface area contributed by atoms with Crippen LogP contribution >= 0.6 is 0 Å². The van der Waals surface area contributed by atoms with Gasteiger partial charge in [-0.3, -0.25) is 13.9 Å². The Morgan fingerprint density at radius 3 is 2.70 bits per heavy atom. The van der Waals surface area contributed by atoms with E-state index in [1.807, 2.05) is 27.3 Å². The van der Waals surface area contributed by atoms with Crippen molar-refractivity contribution in [3.63, 3.8) is 0 Å². The molecule has 2 N–H and O–H groups in total. The topological polar surface area (TPSA) is 84.7 Å². The molecule has 0 bridgehead atoms. The summed E-state index contributed by atoms with van der Waals surface area (Å²) in [6, 6.07) is 6.01. The van der Waals surface area contributed by atoms with E-state index in [2.05, 4.69) is 15.3 Å².